The Morgan fingerprint density at radius 3 is 1.51 bits per heavy atom. The number of esters is 1. The Morgan fingerprint density at radius 1 is 0.725 bits per heavy atom. The van der Waals surface area contributed by atoms with E-state index in [0.717, 1.165) is 46.2 Å². The summed E-state index contributed by atoms with van der Waals surface area (Å²) in [6, 6.07) is 8.24. The van der Waals surface area contributed by atoms with E-state index in [1.165, 1.54) is 0 Å². The zero-order valence-electron chi connectivity index (χ0n) is 34.9. The van der Waals surface area contributed by atoms with Crippen LogP contribution in [0.5, 0.6) is 11.5 Å². The molecule has 0 aromatic heterocycles. The van der Waals surface area contributed by atoms with Crippen LogP contribution in [0.4, 0.5) is 0 Å². The molecule has 1 aliphatic heterocycles. The lowest BCUT2D eigenvalue weighted by atomic mass is 9.78. The molecule has 1 aliphatic rings. The van der Waals surface area contributed by atoms with E-state index >= 15 is 0 Å². The molecule has 0 atom stereocenters. The largest absolute Gasteiger partial charge is 0.507 e. The third-order valence-corrected chi connectivity index (χ3v) is 10.3. The summed E-state index contributed by atoms with van der Waals surface area (Å²) in [5, 5.41) is 22.1. The van der Waals surface area contributed by atoms with Crippen molar-refractivity contribution in [3.63, 3.8) is 0 Å². The number of hydrogen-bond donors (Lipinski definition) is 2. The number of piperidine rings is 1. The molecule has 0 amide bonds. The van der Waals surface area contributed by atoms with Crippen LogP contribution in [0.3, 0.4) is 0 Å². The van der Waals surface area contributed by atoms with Crippen LogP contribution in [-0.2, 0) is 48.8 Å². The second-order valence-corrected chi connectivity index (χ2v) is 20.2. The Balaban J connectivity index is 1.60. The molecule has 3 rings (SSSR count). The minimum atomic E-state index is -0.216. The van der Waals surface area contributed by atoms with E-state index < -0.39 is 0 Å². The first kappa shape index (κ1) is 42.2. The first-order chi connectivity index (χ1) is 23.0. The van der Waals surface area contributed by atoms with Gasteiger partial charge in [-0.05, 0) is 89.2 Å². The van der Waals surface area contributed by atoms with Crippen molar-refractivity contribution in [2.24, 2.45) is 0 Å². The van der Waals surface area contributed by atoms with Crippen molar-refractivity contribution >= 4 is 5.97 Å². The number of carbonyl (C=O) groups is 1. The molecule has 2 N–H and O–H groups in total. The van der Waals surface area contributed by atoms with Gasteiger partial charge in [0.25, 0.3) is 0 Å². The third kappa shape index (κ3) is 10.9. The number of ether oxygens (including phenoxy) is 2. The fourth-order valence-corrected chi connectivity index (χ4v) is 7.67. The molecule has 51 heavy (non-hydrogen) atoms. The molecular formula is C45H69NO5. The normalized spacial score (nSPS) is 17.1. The van der Waals surface area contributed by atoms with E-state index in [2.05, 4.69) is 140 Å². The minimum Gasteiger partial charge on any atom is -0.507 e. The minimum absolute atomic E-state index is 0.0160. The molecule has 284 valence electrons. The van der Waals surface area contributed by atoms with Crippen molar-refractivity contribution in [3.8, 4) is 23.5 Å². The van der Waals surface area contributed by atoms with Crippen molar-refractivity contribution in [1.29, 1.82) is 0 Å². The van der Waals surface area contributed by atoms with Crippen LogP contribution in [0.2, 0.25) is 0 Å². The smallest absolute Gasteiger partial charge is 0.306 e. The maximum atomic E-state index is 12.9. The van der Waals surface area contributed by atoms with Gasteiger partial charge in [0.05, 0.1) is 0 Å². The van der Waals surface area contributed by atoms with Crippen LogP contribution in [0.25, 0.3) is 0 Å². The molecule has 0 saturated carbocycles. The van der Waals surface area contributed by atoms with Crippen molar-refractivity contribution in [3.05, 3.63) is 57.6 Å². The molecule has 1 fully saturated rings. The second-order valence-electron chi connectivity index (χ2n) is 20.2. The Bertz CT molecular complexity index is 1520. The molecule has 6 nitrogen and oxygen atoms in total. The molecular weight excluding hydrogens is 634 g/mol. The predicted molar refractivity (Wildman–Crippen MR) is 211 cm³/mol. The van der Waals surface area contributed by atoms with Crippen LogP contribution < -0.4 is 0 Å². The van der Waals surface area contributed by atoms with Crippen LogP contribution >= 0.6 is 0 Å². The SMILES string of the molecule is CC(C)(C)c1cc(CC#COC2CC(C)(C)N(CCOC(=O)CCc3cc(C(C)(C)C)c(O)c(C(C)(C)C)c3)C(C)(C)C2)cc(C(C)(C)C)c1O. The van der Waals surface area contributed by atoms with Gasteiger partial charge in [-0.25, -0.2) is 0 Å². The van der Waals surface area contributed by atoms with Gasteiger partial charge in [0.2, 0.25) is 0 Å². The third-order valence-electron chi connectivity index (χ3n) is 10.3. The number of carbonyl (C=O) groups excluding carboxylic acids is 1. The highest BCUT2D eigenvalue weighted by atomic mass is 16.5. The van der Waals surface area contributed by atoms with Crippen molar-refractivity contribution < 1.29 is 24.5 Å². The highest BCUT2D eigenvalue weighted by Crippen LogP contribution is 2.42. The summed E-state index contributed by atoms with van der Waals surface area (Å²) in [6.45, 7) is 35.2. The number of aryl methyl sites for hydroxylation is 1. The van der Waals surface area contributed by atoms with Crippen molar-refractivity contribution in [2.45, 2.75) is 182 Å². The summed E-state index contributed by atoms with van der Waals surface area (Å²) in [6.07, 6.45) is 6.03. The van der Waals surface area contributed by atoms with E-state index in [-0.39, 0.29) is 44.8 Å². The topological polar surface area (TPSA) is 79.2 Å². The molecule has 0 aliphatic carbocycles. The van der Waals surface area contributed by atoms with Crippen LogP contribution in [0.1, 0.15) is 163 Å². The summed E-state index contributed by atoms with van der Waals surface area (Å²) >= 11 is 0. The molecule has 0 radical (unpaired) electrons. The van der Waals surface area contributed by atoms with Gasteiger partial charge >= 0.3 is 5.97 Å². The molecule has 2 aromatic carbocycles. The standard InChI is InChI=1S/C45H69NO5/c1-40(2,3)33-24-30(25-34(38(33)48)41(4,5)6)18-17-22-50-32-28-44(13,14)46(45(15,16)29-32)21-23-51-37(47)20-19-31-26-35(42(7,8)9)39(49)36(27-31)43(10,11)12/h24-27,32,48-49H,18-21,23,28-29H2,1-16H3. The lowest BCUT2D eigenvalue weighted by molar-refractivity contribution is -0.147. The number of nitrogens with zero attached hydrogens (tertiary/aromatic N) is 1. The van der Waals surface area contributed by atoms with E-state index in [0.29, 0.717) is 43.9 Å². The Kier molecular flexibility index (Phi) is 12.5. The van der Waals surface area contributed by atoms with Crippen LogP contribution in [0.15, 0.2) is 24.3 Å². The average Bonchev–Trinajstić information content (AvgIpc) is 2.93. The van der Waals surface area contributed by atoms with Gasteiger partial charge in [-0.15, -0.1) is 0 Å². The van der Waals surface area contributed by atoms with Gasteiger partial charge in [0.15, 0.2) is 0 Å². The lowest BCUT2D eigenvalue weighted by Crippen LogP contribution is -2.62. The van der Waals surface area contributed by atoms with Gasteiger partial charge < -0.3 is 19.7 Å². The fraction of sp³-hybridized carbons (Fsp3) is 0.667. The van der Waals surface area contributed by atoms with E-state index in [9.17, 15) is 15.0 Å². The van der Waals surface area contributed by atoms with E-state index in [1.54, 1.807) is 0 Å². The lowest BCUT2D eigenvalue weighted by Gasteiger charge is -2.54. The monoisotopic (exact) mass is 704 g/mol. The number of aromatic hydroxyl groups is 2. The molecule has 1 saturated heterocycles. The van der Waals surface area contributed by atoms with Gasteiger partial charge in [-0.1, -0.05) is 113 Å². The maximum Gasteiger partial charge on any atom is 0.306 e. The number of phenols is 2. The predicted octanol–water partition coefficient (Wildman–Crippen LogP) is 10.0. The van der Waals surface area contributed by atoms with Crippen LogP contribution in [-0.4, -0.2) is 51.4 Å². The Morgan fingerprint density at radius 2 is 1.12 bits per heavy atom. The number of likely N-dealkylation sites (tertiary alicyclic amines) is 1. The molecule has 0 unspecified atom stereocenters. The quantitative estimate of drug-likeness (QED) is 0.211. The zero-order valence-corrected chi connectivity index (χ0v) is 34.9. The molecule has 1 heterocycles. The summed E-state index contributed by atoms with van der Waals surface area (Å²) < 4.78 is 12.0. The maximum absolute atomic E-state index is 12.9. The number of hydrogen-bond acceptors (Lipinski definition) is 6. The summed E-state index contributed by atoms with van der Waals surface area (Å²) in [5.41, 5.74) is 4.65. The van der Waals surface area contributed by atoms with Gasteiger partial charge in [-0.3, -0.25) is 9.69 Å². The highest BCUT2D eigenvalue weighted by Gasteiger charge is 2.46. The van der Waals surface area contributed by atoms with Gasteiger partial charge in [0, 0.05) is 43.3 Å². The Labute approximate surface area is 310 Å². The molecule has 6 heteroatoms. The molecule has 0 spiro atoms. The summed E-state index contributed by atoms with van der Waals surface area (Å²) in [5.74, 6) is 3.77. The van der Waals surface area contributed by atoms with Gasteiger partial charge in [0.1, 0.15) is 30.3 Å². The van der Waals surface area contributed by atoms with Crippen molar-refractivity contribution in [1.82, 2.24) is 4.90 Å². The Hall–Kier alpha value is -3.17. The second kappa shape index (κ2) is 15.1. The number of benzene rings is 2. The first-order valence-electron chi connectivity index (χ1n) is 18.8. The first-order valence-corrected chi connectivity index (χ1v) is 18.8. The number of rotatable bonds is 8. The van der Waals surface area contributed by atoms with Crippen LogP contribution in [0, 0.1) is 12.0 Å². The fourth-order valence-electron chi connectivity index (χ4n) is 7.67. The zero-order chi connectivity index (χ0) is 39.0. The average molecular weight is 704 g/mol. The van der Waals surface area contributed by atoms with Crippen molar-refractivity contribution in [2.75, 3.05) is 13.2 Å². The van der Waals surface area contributed by atoms with E-state index in [1.807, 2.05) is 12.1 Å². The summed E-state index contributed by atoms with van der Waals surface area (Å²) in [7, 11) is 0. The molecule has 2 aromatic rings. The molecule has 0 bridgehead atoms. The number of phenolic OH excluding ortho intramolecular Hbond substituents is 2. The summed E-state index contributed by atoms with van der Waals surface area (Å²) in [4.78, 5) is 15.4. The highest BCUT2D eigenvalue weighted by molar-refractivity contribution is 5.69. The van der Waals surface area contributed by atoms with Gasteiger partial charge in [-0.2, -0.15) is 0 Å². The van der Waals surface area contributed by atoms with E-state index in [4.69, 9.17) is 9.47 Å².